The van der Waals surface area contributed by atoms with Gasteiger partial charge in [0.25, 0.3) is 5.91 Å². The van der Waals surface area contributed by atoms with E-state index >= 15 is 0 Å². The first-order chi connectivity index (χ1) is 13.3. The second kappa shape index (κ2) is 8.14. The van der Waals surface area contributed by atoms with Crippen LogP contribution in [-0.2, 0) is 11.2 Å². The Morgan fingerprint density at radius 2 is 1.70 bits per heavy atom. The Morgan fingerprint density at radius 1 is 0.963 bits per heavy atom. The molecule has 1 saturated heterocycles. The zero-order valence-electron chi connectivity index (χ0n) is 15.1. The summed E-state index contributed by atoms with van der Waals surface area (Å²) in [4.78, 5) is 19.4. The van der Waals surface area contributed by atoms with E-state index in [1.807, 2.05) is 71.6 Å². The number of carbonyl (C=O) groups excluding carboxylic acids is 1. The van der Waals surface area contributed by atoms with Gasteiger partial charge in [-0.2, -0.15) is 0 Å². The number of morpholine rings is 1. The first-order valence-electron chi connectivity index (χ1n) is 9.25. The Hall–Kier alpha value is -2.98. The van der Waals surface area contributed by atoms with Gasteiger partial charge in [0.15, 0.2) is 0 Å². The molecule has 2 heterocycles. The summed E-state index contributed by atoms with van der Waals surface area (Å²) in [7, 11) is 0. The molecular weight excluding hydrogens is 336 g/mol. The van der Waals surface area contributed by atoms with Gasteiger partial charge in [-0.25, -0.2) is 0 Å². The molecule has 27 heavy (non-hydrogen) atoms. The second-order valence-electron chi connectivity index (χ2n) is 6.69. The van der Waals surface area contributed by atoms with Crippen LogP contribution in [0.3, 0.4) is 0 Å². The highest BCUT2D eigenvalue weighted by molar-refractivity contribution is 5.94. The first-order valence-corrected chi connectivity index (χ1v) is 9.25. The average Bonchev–Trinajstić information content (AvgIpc) is 2.75. The molecule has 1 aromatic heterocycles. The standard InChI is InChI=1S/C23H22N2O2/c26-23(19-10-5-2-6-11-19)25-14-15-27-22(17-25)21-13-7-12-20(24-21)16-18-8-3-1-4-9-18/h1-13,22H,14-17H2/t22-/m0/s1. The Bertz CT molecular complexity index is 897. The molecule has 1 aliphatic heterocycles. The minimum absolute atomic E-state index is 0.0457. The van der Waals surface area contributed by atoms with Crippen LogP contribution in [0, 0.1) is 0 Å². The maximum atomic E-state index is 12.7. The van der Waals surface area contributed by atoms with E-state index in [9.17, 15) is 4.79 Å². The zero-order valence-corrected chi connectivity index (χ0v) is 15.1. The summed E-state index contributed by atoms with van der Waals surface area (Å²) in [6, 6.07) is 25.7. The van der Waals surface area contributed by atoms with Gasteiger partial charge in [-0.1, -0.05) is 54.6 Å². The topological polar surface area (TPSA) is 42.4 Å². The third-order valence-electron chi connectivity index (χ3n) is 4.76. The second-order valence-corrected chi connectivity index (χ2v) is 6.69. The number of aromatic nitrogens is 1. The number of hydrogen-bond acceptors (Lipinski definition) is 3. The van der Waals surface area contributed by atoms with Crippen LogP contribution < -0.4 is 0 Å². The highest BCUT2D eigenvalue weighted by atomic mass is 16.5. The SMILES string of the molecule is O=C(c1ccccc1)N1CCO[C@H](c2cccc(Cc3ccccc3)n2)C1. The highest BCUT2D eigenvalue weighted by Crippen LogP contribution is 2.22. The van der Waals surface area contributed by atoms with E-state index in [0.29, 0.717) is 25.3 Å². The van der Waals surface area contributed by atoms with Crippen molar-refractivity contribution in [1.29, 1.82) is 0 Å². The molecule has 0 saturated carbocycles. The number of rotatable bonds is 4. The van der Waals surface area contributed by atoms with Crippen LogP contribution in [0.25, 0.3) is 0 Å². The van der Waals surface area contributed by atoms with Gasteiger partial charge in [0.1, 0.15) is 6.10 Å². The Labute approximate surface area is 159 Å². The van der Waals surface area contributed by atoms with E-state index in [2.05, 4.69) is 12.1 Å². The van der Waals surface area contributed by atoms with E-state index in [1.165, 1.54) is 5.56 Å². The summed E-state index contributed by atoms with van der Waals surface area (Å²) in [6.07, 6.45) is 0.593. The van der Waals surface area contributed by atoms with Crippen molar-refractivity contribution in [2.75, 3.05) is 19.7 Å². The van der Waals surface area contributed by atoms with E-state index in [1.54, 1.807) is 0 Å². The van der Waals surface area contributed by atoms with Crippen molar-refractivity contribution in [1.82, 2.24) is 9.88 Å². The maximum Gasteiger partial charge on any atom is 0.254 e. The lowest BCUT2D eigenvalue weighted by atomic mass is 10.1. The number of hydrogen-bond donors (Lipinski definition) is 0. The van der Waals surface area contributed by atoms with Crippen LogP contribution >= 0.6 is 0 Å². The fourth-order valence-corrected chi connectivity index (χ4v) is 3.36. The van der Waals surface area contributed by atoms with Gasteiger partial charge in [-0.05, 0) is 29.8 Å². The van der Waals surface area contributed by atoms with Crippen LogP contribution in [0.2, 0.25) is 0 Å². The average molecular weight is 358 g/mol. The van der Waals surface area contributed by atoms with Gasteiger partial charge in [-0.3, -0.25) is 9.78 Å². The Balaban J connectivity index is 1.48. The molecule has 0 bridgehead atoms. The van der Waals surface area contributed by atoms with Gasteiger partial charge >= 0.3 is 0 Å². The van der Waals surface area contributed by atoms with E-state index in [-0.39, 0.29) is 12.0 Å². The molecule has 0 aliphatic carbocycles. The zero-order chi connectivity index (χ0) is 18.5. The molecule has 0 N–H and O–H groups in total. The highest BCUT2D eigenvalue weighted by Gasteiger charge is 2.27. The molecular formula is C23H22N2O2. The molecule has 3 aromatic rings. The predicted molar refractivity (Wildman–Crippen MR) is 105 cm³/mol. The minimum atomic E-state index is -0.192. The van der Waals surface area contributed by atoms with Crippen molar-refractivity contribution in [3.8, 4) is 0 Å². The smallest absolute Gasteiger partial charge is 0.254 e. The van der Waals surface area contributed by atoms with Crippen molar-refractivity contribution in [2.24, 2.45) is 0 Å². The molecule has 4 nitrogen and oxygen atoms in total. The molecule has 2 aromatic carbocycles. The Kier molecular flexibility index (Phi) is 5.26. The third kappa shape index (κ3) is 4.23. The van der Waals surface area contributed by atoms with Crippen molar-refractivity contribution >= 4 is 5.91 Å². The number of nitrogens with zero attached hydrogens (tertiary/aromatic N) is 2. The van der Waals surface area contributed by atoms with Crippen molar-refractivity contribution in [3.05, 3.63) is 101 Å². The largest absolute Gasteiger partial charge is 0.368 e. The first kappa shape index (κ1) is 17.4. The van der Waals surface area contributed by atoms with Crippen LogP contribution in [0.4, 0.5) is 0 Å². The molecule has 4 rings (SSSR count). The normalized spacial score (nSPS) is 16.9. The maximum absolute atomic E-state index is 12.7. The van der Waals surface area contributed by atoms with Gasteiger partial charge in [-0.15, -0.1) is 0 Å². The van der Waals surface area contributed by atoms with Crippen molar-refractivity contribution in [3.63, 3.8) is 0 Å². The molecule has 1 aliphatic rings. The fourth-order valence-electron chi connectivity index (χ4n) is 3.36. The van der Waals surface area contributed by atoms with Crippen LogP contribution in [0.5, 0.6) is 0 Å². The molecule has 136 valence electrons. The summed E-state index contributed by atoms with van der Waals surface area (Å²) in [5.41, 5.74) is 3.83. The molecule has 0 radical (unpaired) electrons. The lowest BCUT2D eigenvalue weighted by molar-refractivity contribution is -0.0247. The van der Waals surface area contributed by atoms with Crippen molar-refractivity contribution in [2.45, 2.75) is 12.5 Å². The van der Waals surface area contributed by atoms with Gasteiger partial charge < -0.3 is 9.64 Å². The van der Waals surface area contributed by atoms with E-state index in [0.717, 1.165) is 17.8 Å². The lowest BCUT2D eigenvalue weighted by Gasteiger charge is -2.33. The number of benzene rings is 2. The predicted octanol–water partition coefficient (Wildman–Crippen LogP) is 3.89. The van der Waals surface area contributed by atoms with Crippen LogP contribution in [0.1, 0.15) is 33.4 Å². The van der Waals surface area contributed by atoms with Crippen molar-refractivity contribution < 1.29 is 9.53 Å². The minimum Gasteiger partial charge on any atom is -0.368 e. The molecule has 0 spiro atoms. The van der Waals surface area contributed by atoms with Crippen LogP contribution in [0.15, 0.2) is 78.9 Å². The molecule has 1 atom stereocenters. The Morgan fingerprint density at radius 3 is 2.48 bits per heavy atom. The number of pyridine rings is 1. The summed E-state index contributed by atoms with van der Waals surface area (Å²) in [5.74, 6) is 0.0457. The van der Waals surface area contributed by atoms with Gasteiger partial charge in [0.05, 0.1) is 18.8 Å². The van der Waals surface area contributed by atoms with Crippen LogP contribution in [-0.4, -0.2) is 35.5 Å². The quantitative estimate of drug-likeness (QED) is 0.711. The monoisotopic (exact) mass is 358 g/mol. The van der Waals surface area contributed by atoms with Gasteiger partial charge in [0.2, 0.25) is 0 Å². The lowest BCUT2D eigenvalue weighted by Crippen LogP contribution is -2.42. The molecule has 0 unspecified atom stereocenters. The molecule has 1 fully saturated rings. The third-order valence-corrected chi connectivity index (χ3v) is 4.76. The fraction of sp³-hybridized carbons (Fsp3) is 0.217. The van der Waals surface area contributed by atoms with E-state index in [4.69, 9.17) is 9.72 Å². The number of carbonyl (C=O) groups is 1. The number of amides is 1. The summed E-state index contributed by atoms with van der Waals surface area (Å²) in [6.45, 7) is 1.65. The summed E-state index contributed by atoms with van der Waals surface area (Å²) >= 11 is 0. The van der Waals surface area contributed by atoms with E-state index < -0.39 is 0 Å². The molecule has 4 heteroatoms. The molecule has 1 amide bonds. The van der Waals surface area contributed by atoms with Gasteiger partial charge in [0, 0.05) is 24.2 Å². The summed E-state index contributed by atoms with van der Waals surface area (Å²) < 4.78 is 5.93. The number of ether oxygens (including phenoxy) is 1. The summed E-state index contributed by atoms with van der Waals surface area (Å²) in [5, 5.41) is 0.